The van der Waals surface area contributed by atoms with Crippen LogP contribution in [0.2, 0.25) is 10.0 Å². The lowest BCUT2D eigenvalue weighted by Gasteiger charge is -2.36. The number of esters is 1. The number of likely N-dealkylation sites (tertiary alicyclic amines) is 2. The zero-order valence-electron chi connectivity index (χ0n) is 30.7. The summed E-state index contributed by atoms with van der Waals surface area (Å²) in [7, 11) is 2.91. The summed E-state index contributed by atoms with van der Waals surface area (Å²) in [5.74, 6) is 0.354. The fraction of sp³-hybridized carbons (Fsp3) is 0.450. The quantitative estimate of drug-likeness (QED) is 0.0575. The highest BCUT2D eigenvalue weighted by Gasteiger charge is 2.42. The van der Waals surface area contributed by atoms with Gasteiger partial charge in [-0.1, -0.05) is 41.4 Å². The van der Waals surface area contributed by atoms with Crippen LogP contribution in [0.3, 0.4) is 0 Å². The zero-order valence-corrected chi connectivity index (χ0v) is 32.2. The number of imidazole rings is 1. The Kier molecular flexibility index (Phi) is 12.3. The van der Waals surface area contributed by atoms with Gasteiger partial charge in [0, 0.05) is 50.1 Å². The molecule has 0 aliphatic carbocycles. The van der Waals surface area contributed by atoms with Gasteiger partial charge >= 0.3 is 5.97 Å². The van der Waals surface area contributed by atoms with E-state index in [0.717, 1.165) is 55.5 Å². The van der Waals surface area contributed by atoms with Gasteiger partial charge in [-0.05, 0) is 94.2 Å². The Balaban J connectivity index is 1.17. The van der Waals surface area contributed by atoms with Crippen LogP contribution in [0.1, 0.15) is 66.1 Å². The van der Waals surface area contributed by atoms with E-state index in [9.17, 15) is 14.4 Å². The van der Waals surface area contributed by atoms with E-state index in [1.54, 1.807) is 6.07 Å². The molecule has 0 spiro atoms. The van der Waals surface area contributed by atoms with Crippen molar-refractivity contribution in [2.75, 3.05) is 60.2 Å². The number of carbonyl (C=O) groups excluding carboxylic acids is 3. The number of aromatic nitrogens is 2. The van der Waals surface area contributed by atoms with Crippen molar-refractivity contribution in [2.45, 2.75) is 51.5 Å². The number of para-hydroxylation sites is 2. The summed E-state index contributed by atoms with van der Waals surface area (Å²) < 4.78 is 23.9. The van der Waals surface area contributed by atoms with Crippen LogP contribution in [-0.2, 0) is 21.5 Å². The number of ketones is 1. The molecule has 11 nitrogen and oxygen atoms in total. The number of piperidine rings is 1. The average Bonchev–Trinajstić information content (AvgIpc) is 3.77. The molecule has 282 valence electrons. The molecular formula is C40H46Cl2N4O7. The van der Waals surface area contributed by atoms with Gasteiger partial charge in [0.15, 0.2) is 17.3 Å². The number of carbonyl (C=O) groups is 3. The maximum Gasteiger partial charge on any atom is 0.308 e. The monoisotopic (exact) mass is 764 g/mol. The fourth-order valence-corrected chi connectivity index (χ4v) is 7.98. The van der Waals surface area contributed by atoms with Crippen LogP contribution in [0.4, 0.5) is 0 Å². The van der Waals surface area contributed by atoms with Crippen LogP contribution in [0, 0.1) is 5.92 Å². The van der Waals surface area contributed by atoms with E-state index in [0.29, 0.717) is 60.7 Å². The lowest BCUT2D eigenvalue weighted by atomic mass is 9.76. The van der Waals surface area contributed by atoms with E-state index >= 15 is 0 Å². The van der Waals surface area contributed by atoms with E-state index < -0.39 is 11.4 Å². The normalized spacial score (nSPS) is 18.0. The third kappa shape index (κ3) is 8.33. The standard InChI is InChI=1S/C40H46Cl2N4O7/c1-5-52-21-20-46-33-9-7-6-8-32(33)43-38(46)36(48)27-12-16-44(17-13-27)18-14-40(29-10-11-30(41)31(42)24-29)15-19-45(25-40)39(49)28-22-34(50-3)37(51-4)35(23-28)53-26(2)47/h6-11,22-24,27H,5,12-21,25H2,1-4H3. The van der Waals surface area contributed by atoms with Crippen molar-refractivity contribution in [1.29, 1.82) is 0 Å². The van der Waals surface area contributed by atoms with Gasteiger partial charge in [-0.25, -0.2) is 4.98 Å². The third-order valence-electron chi connectivity index (χ3n) is 10.5. The molecular weight excluding hydrogens is 719 g/mol. The molecule has 1 aromatic heterocycles. The number of fused-ring (bicyclic) bond motifs is 1. The number of Topliss-reactive ketones (excluding diaryl/α,β-unsaturated/α-hetero) is 1. The Labute approximate surface area is 320 Å². The first-order chi connectivity index (χ1) is 25.6. The Bertz CT molecular complexity index is 1980. The number of hydrogen-bond donors (Lipinski definition) is 0. The van der Waals surface area contributed by atoms with Crippen LogP contribution < -0.4 is 14.2 Å². The molecule has 13 heteroatoms. The lowest BCUT2D eigenvalue weighted by molar-refractivity contribution is -0.132. The molecule has 1 amide bonds. The predicted octanol–water partition coefficient (Wildman–Crippen LogP) is 7.09. The van der Waals surface area contributed by atoms with Crippen molar-refractivity contribution in [2.24, 2.45) is 5.92 Å². The molecule has 6 rings (SSSR count). The summed E-state index contributed by atoms with van der Waals surface area (Å²) in [4.78, 5) is 48.8. The number of hydrogen-bond acceptors (Lipinski definition) is 9. The number of amides is 1. The predicted molar refractivity (Wildman–Crippen MR) is 204 cm³/mol. The zero-order chi connectivity index (χ0) is 37.7. The average molecular weight is 766 g/mol. The van der Waals surface area contributed by atoms with Crippen molar-refractivity contribution < 1.29 is 33.3 Å². The Morgan fingerprint density at radius 3 is 2.38 bits per heavy atom. The first-order valence-corrected chi connectivity index (χ1v) is 18.8. The number of methoxy groups -OCH3 is 2. The second kappa shape index (κ2) is 16.9. The molecule has 0 saturated carbocycles. The molecule has 4 aromatic rings. The van der Waals surface area contributed by atoms with Gasteiger partial charge in [0.2, 0.25) is 11.5 Å². The molecule has 2 fully saturated rings. The Hall–Kier alpha value is -4.16. The molecule has 2 saturated heterocycles. The first-order valence-electron chi connectivity index (χ1n) is 18.1. The van der Waals surface area contributed by atoms with Crippen molar-refractivity contribution in [3.05, 3.63) is 81.6 Å². The largest absolute Gasteiger partial charge is 0.493 e. The summed E-state index contributed by atoms with van der Waals surface area (Å²) in [6.45, 7) is 8.26. The third-order valence-corrected chi connectivity index (χ3v) is 11.3. The Morgan fingerprint density at radius 2 is 1.68 bits per heavy atom. The highest BCUT2D eigenvalue weighted by molar-refractivity contribution is 6.42. The number of nitrogens with zero attached hydrogens (tertiary/aromatic N) is 4. The lowest BCUT2D eigenvalue weighted by Crippen LogP contribution is -2.41. The highest BCUT2D eigenvalue weighted by atomic mass is 35.5. The summed E-state index contributed by atoms with van der Waals surface area (Å²) in [6, 6.07) is 16.7. The van der Waals surface area contributed by atoms with Crippen molar-refractivity contribution in [3.8, 4) is 17.2 Å². The van der Waals surface area contributed by atoms with Crippen LogP contribution in [-0.4, -0.2) is 97.2 Å². The second-order valence-electron chi connectivity index (χ2n) is 13.7. The summed E-state index contributed by atoms with van der Waals surface area (Å²) in [5.41, 5.74) is 2.71. The minimum absolute atomic E-state index is 0.0848. The molecule has 1 atom stereocenters. The van der Waals surface area contributed by atoms with Crippen LogP contribution in [0.15, 0.2) is 54.6 Å². The molecule has 1 unspecified atom stereocenters. The second-order valence-corrected chi connectivity index (χ2v) is 14.5. The van der Waals surface area contributed by atoms with Crippen LogP contribution >= 0.6 is 23.2 Å². The van der Waals surface area contributed by atoms with Crippen LogP contribution in [0.5, 0.6) is 17.2 Å². The topological polar surface area (TPSA) is 112 Å². The van der Waals surface area contributed by atoms with Gasteiger partial charge in [0.25, 0.3) is 5.91 Å². The Morgan fingerprint density at radius 1 is 0.925 bits per heavy atom. The maximum atomic E-state index is 14.1. The fourth-order valence-electron chi connectivity index (χ4n) is 7.69. The number of benzene rings is 3. The smallest absolute Gasteiger partial charge is 0.308 e. The molecule has 53 heavy (non-hydrogen) atoms. The molecule has 0 radical (unpaired) electrons. The summed E-state index contributed by atoms with van der Waals surface area (Å²) in [5, 5.41) is 0.934. The number of halogens is 2. The van der Waals surface area contributed by atoms with E-state index in [4.69, 9.17) is 47.1 Å². The van der Waals surface area contributed by atoms with Crippen molar-refractivity contribution >= 4 is 51.9 Å². The SMILES string of the molecule is CCOCCn1c(C(=O)C2CCN(CCC3(c4ccc(Cl)c(Cl)c4)CCN(C(=O)c4cc(OC)c(OC)c(OC(C)=O)c4)C3)CC2)nc2ccccc21. The van der Waals surface area contributed by atoms with Gasteiger partial charge in [0.1, 0.15) is 0 Å². The van der Waals surface area contributed by atoms with E-state index in [1.807, 2.05) is 58.9 Å². The molecule has 2 aliphatic heterocycles. The maximum absolute atomic E-state index is 14.1. The van der Waals surface area contributed by atoms with E-state index in [2.05, 4.69) is 4.90 Å². The van der Waals surface area contributed by atoms with Gasteiger partial charge < -0.3 is 33.3 Å². The minimum Gasteiger partial charge on any atom is -0.493 e. The minimum atomic E-state index is -0.541. The van der Waals surface area contributed by atoms with Crippen LogP contribution in [0.25, 0.3) is 11.0 Å². The summed E-state index contributed by atoms with van der Waals surface area (Å²) in [6.07, 6.45) is 2.96. The summed E-state index contributed by atoms with van der Waals surface area (Å²) >= 11 is 12.9. The van der Waals surface area contributed by atoms with E-state index in [-0.39, 0.29) is 34.9 Å². The van der Waals surface area contributed by atoms with Crippen molar-refractivity contribution in [1.82, 2.24) is 19.4 Å². The van der Waals surface area contributed by atoms with Crippen molar-refractivity contribution in [3.63, 3.8) is 0 Å². The highest BCUT2D eigenvalue weighted by Crippen LogP contribution is 2.43. The van der Waals surface area contributed by atoms with Gasteiger partial charge in [-0.2, -0.15) is 0 Å². The van der Waals surface area contributed by atoms with Gasteiger partial charge in [-0.3, -0.25) is 14.4 Å². The molecule has 3 aromatic carbocycles. The van der Waals surface area contributed by atoms with E-state index in [1.165, 1.54) is 27.2 Å². The molecule has 3 heterocycles. The molecule has 0 N–H and O–H groups in total. The number of ether oxygens (including phenoxy) is 4. The first kappa shape index (κ1) is 38.6. The van der Waals surface area contributed by atoms with Gasteiger partial charge in [-0.15, -0.1) is 0 Å². The molecule has 2 aliphatic rings. The molecule has 0 bridgehead atoms. The van der Waals surface area contributed by atoms with Gasteiger partial charge in [0.05, 0.1) is 41.9 Å². The number of rotatable bonds is 14.